The molecule has 0 N–H and O–H groups in total. The van der Waals surface area contributed by atoms with Crippen LogP contribution in [0.1, 0.15) is 53.6 Å². The lowest BCUT2D eigenvalue weighted by Crippen LogP contribution is -2.53. The van der Waals surface area contributed by atoms with Crippen molar-refractivity contribution in [3.05, 3.63) is 117 Å². The van der Waals surface area contributed by atoms with Crippen molar-refractivity contribution in [3.8, 4) is 17.2 Å². The van der Waals surface area contributed by atoms with Crippen molar-refractivity contribution in [2.75, 3.05) is 6.54 Å². The number of ether oxygens (including phenoxy) is 1. The van der Waals surface area contributed by atoms with Gasteiger partial charge in [0.2, 0.25) is 5.82 Å². The molecule has 260 valence electrons. The maximum Gasteiger partial charge on any atom is 0.446 e. The van der Waals surface area contributed by atoms with E-state index in [9.17, 15) is 32.0 Å². The van der Waals surface area contributed by atoms with Crippen LogP contribution < -0.4 is 5.76 Å². The molecule has 2 aromatic heterocycles. The maximum absolute atomic E-state index is 14.3. The lowest BCUT2D eigenvalue weighted by Gasteiger charge is -2.30. The maximum atomic E-state index is 14.3. The van der Waals surface area contributed by atoms with Gasteiger partial charge in [-0.3, -0.25) is 14.1 Å². The number of halogens is 2. The Morgan fingerprint density at radius 1 is 0.920 bits per heavy atom. The molecule has 0 unspecified atom stereocenters. The van der Waals surface area contributed by atoms with Crippen LogP contribution in [0.5, 0.6) is 0 Å². The lowest BCUT2D eigenvalue weighted by atomic mass is 10.1. The molecule has 0 atom stereocenters. The van der Waals surface area contributed by atoms with Gasteiger partial charge in [-0.1, -0.05) is 46.7 Å². The van der Waals surface area contributed by atoms with E-state index < -0.39 is 51.8 Å². The molecule has 3 aromatic carbocycles. The number of hydrogen-bond donors (Lipinski definition) is 0. The Bertz CT molecular complexity index is 2200. The highest BCUT2D eigenvalue weighted by Gasteiger charge is 2.44. The largest absolute Gasteiger partial charge is 0.446 e. The van der Waals surface area contributed by atoms with Crippen LogP contribution in [0.15, 0.2) is 97.3 Å². The third kappa shape index (κ3) is 7.70. The Morgan fingerprint density at radius 2 is 1.54 bits per heavy atom. The molecule has 0 aliphatic carbocycles. The van der Waals surface area contributed by atoms with Crippen LogP contribution in [0.3, 0.4) is 0 Å². The van der Waals surface area contributed by atoms with Gasteiger partial charge < -0.3 is 4.74 Å². The quantitative estimate of drug-likeness (QED) is 0.181. The molecule has 5 aromatic rings. The first-order chi connectivity index (χ1) is 23.7. The van der Waals surface area contributed by atoms with Crippen molar-refractivity contribution < 1.29 is 41.1 Å². The molecular weight excluding hydrogens is 743 g/mol. The topological polar surface area (TPSA) is 188 Å². The Hall–Kier alpha value is -5.49. The average molecular weight is 772 g/mol. The summed E-state index contributed by atoms with van der Waals surface area (Å²) in [4.78, 5) is 53.5. The molecule has 0 saturated heterocycles. The normalized spacial score (nSPS) is 11.6. The second kappa shape index (κ2) is 14.6. The molecule has 50 heavy (non-hydrogen) atoms. The van der Waals surface area contributed by atoms with E-state index in [2.05, 4.69) is 31.4 Å². The number of benzene rings is 3. The van der Waals surface area contributed by atoms with Gasteiger partial charge in [-0.05, 0) is 97.2 Å². The second-order valence-corrected chi connectivity index (χ2v) is 14.1. The molecule has 0 bridgehead atoms. The lowest BCUT2D eigenvalue weighted by molar-refractivity contribution is 0.0363. The molecule has 0 spiro atoms. The van der Waals surface area contributed by atoms with Gasteiger partial charge in [0.15, 0.2) is 5.69 Å². The first kappa shape index (κ1) is 35.8. The number of aryl methyl sites for hydroxylation is 1. The number of imide groups is 1. The number of rotatable bonds is 10. The van der Waals surface area contributed by atoms with Gasteiger partial charge in [-0.2, -0.15) is 8.42 Å². The number of amides is 3. The number of hydrogen-bond acceptors (Lipinski definition) is 12. The van der Waals surface area contributed by atoms with E-state index in [4.69, 9.17) is 13.9 Å². The molecule has 5 rings (SSSR count). The minimum Gasteiger partial charge on any atom is -0.443 e. The molecule has 2 heterocycles. The summed E-state index contributed by atoms with van der Waals surface area (Å²) in [5, 5.41) is 11.5. The fourth-order valence-corrected chi connectivity index (χ4v) is 6.39. The minimum atomic E-state index is -5.25. The molecular formula is C32H28BrFN6O9S. The van der Waals surface area contributed by atoms with E-state index in [-0.39, 0.29) is 55.6 Å². The van der Waals surface area contributed by atoms with Gasteiger partial charge in [0, 0.05) is 17.7 Å². The van der Waals surface area contributed by atoms with Crippen LogP contribution in [-0.4, -0.2) is 67.1 Å². The zero-order valence-electron chi connectivity index (χ0n) is 26.6. The van der Waals surface area contributed by atoms with E-state index in [1.807, 2.05) is 0 Å². The molecule has 15 nitrogen and oxygen atoms in total. The summed E-state index contributed by atoms with van der Waals surface area (Å²) in [6, 6.07) is 18.3. The number of aromatic nitrogens is 4. The summed E-state index contributed by atoms with van der Waals surface area (Å²) in [5.74, 6) is -3.94. The van der Waals surface area contributed by atoms with Crippen LogP contribution in [0.2, 0.25) is 0 Å². The highest BCUT2D eigenvalue weighted by Crippen LogP contribution is 2.26. The molecule has 0 radical (unpaired) electrons. The zero-order chi connectivity index (χ0) is 36.2. The van der Waals surface area contributed by atoms with Crippen molar-refractivity contribution in [1.29, 1.82) is 0 Å². The van der Waals surface area contributed by atoms with Gasteiger partial charge >= 0.3 is 22.1 Å². The van der Waals surface area contributed by atoms with Gasteiger partial charge in [0.1, 0.15) is 17.1 Å². The smallest absolute Gasteiger partial charge is 0.443 e. The number of nitrogens with zero attached hydrogens (tertiary/aromatic N) is 6. The zero-order valence-corrected chi connectivity index (χ0v) is 29.1. The number of carbonyl (C=O) groups is 3. The summed E-state index contributed by atoms with van der Waals surface area (Å²) >= 11 is 3.07. The summed E-state index contributed by atoms with van der Waals surface area (Å²) < 4.78 is 58.9. The Morgan fingerprint density at radius 3 is 2.14 bits per heavy atom. The van der Waals surface area contributed by atoms with Crippen LogP contribution in [0.4, 0.5) is 9.18 Å². The third-order valence-electron chi connectivity index (χ3n) is 6.83. The number of carbonyl (C=O) groups excluding carboxylic acids is 3. The molecule has 0 aliphatic heterocycles. The SMILES string of the molecule is CC(C)(C)OC(=O)N(C(=O)c1ccccc1)S(=O)(=O)N(CCCc1nonc1-c1noc(=O)n1-c1ccc(F)c(Br)c1)C(=O)c1ccccc1. The Kier molecular flexibility index (Phi) is 10.4. The van der Waals surface area contributed by atoms with E-state index in [0.717, 1.165) is 10.6 Å². The van der Waals surface area contributed by atoms with Gasteiger partial charge in [0.05, 0.1) is 10.2 Å². The fourth-order valence-electron chi connectivity index (χ4n) is 4.61. The minimum absolute atomic E-state index is 0.0479. The highest BCUT2D eigenvalue weighted by molar-refractivity contribution is 9.10. The third-order valence-corrected chi connectivity index (χ3v) is 9.12. The molecule has 0 fully saturated rings. The van der Waals surface area contributed by atoms with Crippen LogP contribution >= 0.6 is 15.9 Å². The predicted octanol–water partition coefficient (Wildman–Crippen LogP) is 5.17. The van der Waals surface area contributed by atoms with Crippen LogP contribution in [0.25, 0.3) is 17.2 Å². The molecule has 18 heteroatoms. The van der Waals surface area contributed by atoms with Crippen molar-refractivity contribution in [1.82, 2.24) is 28.6 Å². The van der Waals surface area contributed by atoms with Gasteiger partial charge in [-0.15, -0.1) is 4.31 Å². The van der Waals surface area contributed by atoms with Crippen molar-refractivity contribution >= 4 is 44.0 Å². The average Bonchev–Trinajstić information content (AvgIpc) is 3.69. The monoisotopic (exact) mass is 770 g/mol. The van der Waals surface area contributed by atoms with Gasteiger partial charge in [-0.25, -0.2) is 27.5 Å². The van der Waals surface area contributed by atoms with Gasteiger partial charge in [0.25, 0.3) is 11.8 Å². The summed E-state index contributed by atoms with van der Waals surface area (Å²) in [6.45, 7) is 3.90. The first-order valence-corrected chi connectivity index (χ1v) is 17.0. The second-order valence-electron chi connectivity index (χ2n) is 11.5. The fraction of sp³-hybridized carbons (Fsp3) is 0.219. The molecule has 3 amide bonds. The summed E-state index contributed by atoms with van der Waals surface area (Å²) in [7, 11) is -5.25. The van der Waals surface area contributed by atoms with Crippen molar-refractivity contribution in [2.45, 2.75) is 39.2 Å². The summed E-state index contributed by atoms with van der Waals surface area (Å²) in [6.07, 6.45) is -1.78. The van der Waals surface area contributed by atoms with E-state index >= 15 is 0 Å². The first-order valence-electron chi connectivity index (χ1n) is 14.8. The van der Waals surface area contributed by atoms with E-state index in [1.54, 1.807) is 12.1 Å². The highest BCUT2D eigenvalue weighted by atomic mass is 79.9. The standard InChI is InChI=1S/C32H28BrFN6O9S/c1-32(2,3)47-31(44)40(29(42)21-13-8-5-9-14-21)50(45,46)38(28(41)20-11-6-4-7-12-20)18-10-15-25-26(36-49-35-25)27-37-48-30(43)39(27)22-16-17-24(34)23(33)19-22/h4-9,11-14,16-17,19H,10,15,18H2,1-3H3. The summed E-state index contributed by atoms with van der Waals surface area (Å²) in [5.41, 5.74) is -1.22. The Labute approximate surface area is 292 Å². The van der Waals surface area contributed by atoms with Crippen LogP contribution in [0, 0.1) is 5.82 Å². The molecule has 0 aliphatic rings. The van der Waals surface area contributed by atoms with Crippen molar-refractivity contribution in [3.63, 3.8) is 0 Å². The van der Waals surface area contributed by atoms with E-state index in [1.165, 1.54) is 81.4 Å². The predicted molar refractivity (Wildman–Crippen MR) is 177 cm³/mol. The Balaban J connectivity index is 1.49. The van der Waals surface area contributed by atoms with E-state index in [0.29, 0.717) is 4.31 Å². The van der Waals surface area contributed by atoms with Crippen molar-refractivity contribution in [2.24, 2.45) is 0 Å². The van der Waals surface area contributed by atoms with Crippen LogP contribution in [-0.2, 0) is 21.4 Å². The molecule has 0 saturated carbocycles.